The third-order valence-corrected chi connectivity index (χ3v) is 3.95. The normalized spacial score (nSPS) is 12.9. The van der Waals surface area contributed by atoms with E-state index in [0.717, 1.165) is 28.5 Å². The molecule has 7 heteroatoms. The topological polar surface area (TPSA) is 68.8 Å². The van der Waals surface area contributed by atoms with Gasteiger partial charge in [0, 0.05) is 18.8 Å². The number of hydrogen-bond donors (Lipinski definition) is 2. The molecule has 3 N–H and O–H groups in total. The molecule has 0 saturated carbocycles. The Morgan fingerprint density at radius 3 is 2.89 bits per heavy atom. The van der Waals surface area contributed by atoms with E-state index >= 15 is 0 Å². The fraction of sp³-hybridized carbons (Fsp3) is 0.455. The van der Waals surface area contributed by atoms with Crippen LogP contribution in [0.4, 0.5) is 0 Å². The minimum atomic E-state index is -0.0474. The van der Waals surface area contributed by atoms with E-state index in [0.29, 0.717) is 6.42 Å². The summed E-state index contributed by atoms with van der Waals surface area (Å²) in [5.74, 6) is 5.59. The molecule has 0 spiro atoms. The first-order valence-corrected chi connectivity index (χ1v) is 7.03. The Balaban J connectivity index is 2.25. The van der Waals surface area contributed by atoms with Crippen molar-refractivity contribution in [3.05, 3.63) is 33.0 Å². The zero-order chi connectivity index (χ0) is 13.1. The molecule has 1 atom stereocenters. The first kappa shape index (κ1) is 13.5. The van der Waals surface area contributed by atoms with E-state index in [1.165, 1.54) is 0 Å². The van der Waals surface area contributed by atoms with Gasteiger partial charge in [-0.25, -0.2) is 4.98 Å². The molecule has 0 bridgehead atoms. The highest BCUT2D eigenvalue weighted by molar-refractivity contribution is 7.07. The van der Waals surface area contributed by atoms with Crippen LogP contribution in [-0.4, -0.2) is 14.8 Å². The summed E-state index contributed by atoms with van der Waals surface area (Å²) in [4.78, 5) is 4.27. The van der Waals surface area contributed by atoms with Crippen molar-refractivity contribution in [1.29, 1.82) is 0 Å². The Hall–Kier alpha value is -0.950. The van der Waals surface area contributed by atoms with Gasteiger partial charge in [0.05, 0.1) is 33.7 Å². The SMILES string of the molecule is CCc1nn(C)c(CC(NN)c2cscn2)c1Cl. The molecule has 0 amide bonds. The van der Waals surface area contributed by atoms with Crippen LogP contribution in [0.2, 0.25) is 5.02 Å². The standard InChI is InChI=1S/C11H16ClN5S/c1-3-7-11(12)10(17(2)16-7)4-8(15-13)9-5-18-6-14-9/h5-6,8,15H,3-4,13H2,1-2H3. The van der Waals surface area contributed by atoms with Crippen molar-refractivity contribution < 1.29 is 0 Å². The van der Waals surface area contributed by atoms with Crippen LogP contribution in [0.1, 0.15) is 30.0 Å². The summed E-state index contributed by atoms with van der Waals surface area (Å²) in [6.07, 6.45) is 1.49. The number of nitrogens with zero attached hydrogens (tertiary/aromatic N) is 3. The number of aryl methyl sites for hydroxylation is 2. The number of aromatic nitrogens is 3. The second kappa shape index (κ2) is 5.79. The molecule has 18 heavy (non-hydrogen) atoms. The van der Waals surface area contributed by atoms with Crippen molar-refractivity contribution in [2.45, 2.75) is 25.8 Å². The predicted octanol–water partition coefficient (Wildman–Crippen LogP) is 1.84. The molecule has 0 aromatic carbocycles. The van der Waals surface area contributed by atoms with Crippen LogP contribution >= 0.6 is 22.9 Å². The second-order valence-electron chi connectivity index (χ2n) is 4.02. The molecule has 2 aromatic rings. The number of nitrogens with one attached hydrogen (secondary N) is 1. The highest BCUT2D eigenvalue weighted by Crippen LogP contribution is 2.25. The molecule has 5 nitrogen and oxygen atoms in total. The summed E-state index contributed by atoms with van der Waals surface area (Å²) in [6, 6.07) is -0.0474. The van der Waals surface area contributed by atoms with Gasteiger partial charge in [0.1, 0.15) is 0 Å². The lowest BCUT2D eigenvalue weighted by atomic mass is 10.1. The summed E-state index contributed by atoms with van der Waals surface area (Å²) in [7, 11) is 1.90. The number of halogens is 1. The minimum Gasteiger partial charge on any atom is -0.271 e. The van der Waals surface area contributed by atoms with Crippen molar-refractivity contribution >= 4 is 22.9 Å². The van der Waals surface area contributed by atoms with Crippen molar-refractivity contribution in [3.63, 3.8) is 0 Å². The number of thiazole rings is 1. The Morgan fingerprint density at radius 1 is 1.61 bits per heavy atom. The first-order chi connectivity index (χ1) is 8.67. The van der Waals surface area contributed by atoms with Gasteiger partial charge in [-0.3, -0.25) is 16.0 Å². The molecule has 1 unspecified atom stereocenters. The maximum Gasteiger partial charge on any atom is 0.0850 e. The summed E-state index contributed by atoms with van der Waals surface area (Å²) in [5, 5.41) is 7.11. The zero-order valence-electron chi connectivity index (χ0n) is 10.4. The lowest BCUT2D eigenvalue weighted by Gasteiger charge is -2.13. The van der Waals surface area contributed by atoms with Crippen LogP contribution in [0.3, 0.4) is 0 Å². The smallest absolute Gasteiger partial charge is 0.0850 e. The summed E-state index contributed by atoms with van der Waals surface area (Å²) in [6.45, 7) is 2.04. The molecule has 0 aliphatic carbocycles. The van der Waals surface area contributed by atoms with Gasteiger partial charge in [-0.2, -0.15) is 5.10 Å². The highest BCUT2D eigenvalue weighted by Gasteiger charge is 2.19. The maximum absolute atomic E-state index is 6.32. The quantitative estimate of drug-likeness (QED) is 0.650. The van der Waals surface area contributed by atoms with Crippen LogP contribution in [0.25, 0.3) is 0 Å². The van der Waals surface area contributed by atoms with E-state index in [-0.39, 0.29) is 6.04 Å². The Morgan fingerprint density at radius 2 is 2.39 bits per heavy atom. The summed E-state index contributed by atoms with van der Waals surface area (Å²) < 4.78 is 1.82. The molecule has 0 fully saturated rings. The van der Waals surface area contributed by atoms with Crippen molar-refractivity contribution in [2.75, 3.05) is 0 Å². The third-order valence-electron chi connectivity index (χ3n) is 2.91. The molecule has 2 rings (SSSR count). The van der Waals surface area contributed by atoms with Crippen LogP contribution in [0, 0.1) is 0 Å². The summed E-state index contributed by atoms with van der Waals surface area (Å²) in [5.41, 5.74) is 7.40. The predicted molar refractivity (Wildman–Crippen MR) is 73.5 cm³/mol. The minimum absolute atomic E-state index is 0.0474. The number of hydrogen-bond acceptors (Lipinski definition) is 5. The number of nitrogens with two attached hydrogens (primary N) is 1. The zero-order valence-corrected chi connectivity index (χ0v) is 11.9. The van der Waals surface area contributed by atoms with E-state index in [2.05, 4.69) is 15.5 Å². The van der Waals surface area contributed by atoms with E-state index in [1.54, 1.807) is 16.8 Å². The average molecular weight is 286 g/mol. The largest absolute Gasteiger partial charge is 0.271 e. The van der Waals surface area contributed by atoms with E-state index in [4.69, 9.17) is 17.4 Å². The van der Waals surface area contributed by atoms with Gasteiger partial charge < -0.3 is 0 Å². The fourth-order valence-electron chi connectivity index (χ4n) is 1.88. The van der Waals surface area contributed by atoms with Gasteiger partial charge in [-0.1, -0.05) is 18.5 Å². The highest BCUT2D eigenvalue weighted by atomic mass is 35.5. The first-order valence-electron chi connectivity index (χ1n) is 5.71. The molecule has 0 saturated heterocycles. The molecular weight excluding hydrogens is 270 g/mol. The van der Waals surface area contributed by atoms with Crippen LogP contribution in [0.15, 0.2) is 10.9 Å². The molecule has 0 aliphatic rings. The van der Waals surface area contributed by atoms with Gasteiger partial charge in [0.25, 0.3) is 0 Å². The number of rotatable bonds is 5. The lowest BCUT2D eigenvalue weighted by Crippen LogP contribution is -2.30. The fourth-order valence-corrected chi connectivity index (χ4v) is 2.86. The van der Waals surface area contributed by atoms with Crippen LogP contribution < -0.4 is 11.3 Å². The van der Waals surface area contributed by atoms with Gasteiger partial charge >= 0.3 is 0 Å². The Kier molecular flexibility index (Phi) is 4.34. The van der Waals surface area contributed by atoms with Gasteiger partial charge in [-0.05, 0) is 6.42 Å². The van der Waals surface area contributed by atoms with E-state index in [1.807, 2.05) is 24.0 Å². The van der Waals surface area contributed by atoms with Crippen molar-refractivity contribution in [1.82, 2.24) is 20.2 Å². The molecule has 0 radical (unpaired) electrons. The van der Waals surface area contributed by atoms with E-state index < -0.39 is 0 Å². The third kappa shape index (κ3) is 2.56. The molecule has 98 valence electrons. The van der Waals surface area contributed by atoms with Crippen LogP contribution in [0.5, 0.6) is 0 Å². The Labute approximate surface area is 115 Å². The molecular formula is C11H16ClN5S. The van der Waals surface area contributed by atoms with Crippen molar-refractivity contribution in [3.8, 4) is 0 Å². The summed E-state index contributed by atoms with van der Waals surface area (Å²) >= 11 is 7.87. The van der Waals surface area contributed by atoms with Gasteiger partial charge in [-0.15, -0.1) is 11.3 Å². The van der Waals surface area contributed by atoms with Gasteiger partial charge in [0.15, 0.2) is 0 Å². The Bertz CT molecular complexity index is 508. The number of hydrazine groups is 1. The van der Waals surface area contributed by atoms with Gasteiger partial charge in [0.2, 0.25) is 0 Å². The average Bonchev–Trinajstić information content (AvgIpc) is 2.97. The molecule has 0 aliphatic heterocycles. The van der Waals surface area contributed by atoms with Crippen LogP contribution in [-0.2, 0) is 19.9 Å². The lowest BCUT2D eigenvalue weighted by molar-refractivity contribution is 0.520. The second-order valence-corrected chi connectivity index (χ2v) is 5.12. The van der Waals surface area contributed by atoms with Crippen molar-refractivity contribution in [2.24, 2.45) is 12.9 Å². The van der Waals surface area contributed by atoms with E-state index in [9.17, 15) is 0 Å². The molecule has 2 aromatic heterocycles. The monoisotopic (exact) mass is 285 g/mol. The maximum atomic E-state index is 6.32. The molecule has 2 heterocycles.